The van der Waals surface area contributed by atoms with E-state index in [1.807, 2.05) is 42.5 Å². The summed E-state index contributed by atoms with van der Waals surface area (Å²) in [7, 11) is 0. The molecule has 0 spiro atoms. The van der Waals surface area contributed by atoms with Gasteiger partial charge in [-0.1, -0.05) is 61.5 Å². The average Bonchev–Trinajstić information content (AvgIpc) is 3.51. The van der Waals surface area contributed by atoms with E-state index in [4.69, 9.17) is 4.74 Å². The van der Waals surface area contributed by atoms with Crippen molar-refractivity contribution in [3.8, 4) is 11.5 Å². The molecular weight excluding hydrogens is 667 g/mol. The number of imide groups is 1. The Morgan fingerprint density at radius 3 is 2.26 bits per heavy atom. The van der Waals surface area contributed by atoms with Gasteiger partial charge in [-0.15, -0.1) is 0 Å². The molecule has 274 valence electrons. The van der Waals surface area contributed by atoms with Crippen molar-refractivity contribution in [1.29, 1.82) is 0 Å². The van der Waals surface area contributed by atoms with E-state index in [0.717, 1.165) is 85.9 Å². The number of rotatable bonds is 13. The van der Waals surface area contributed by atoms with E-state index in [2.05, 4.69) is 69.8 Å². The number of phenols is 1. The fraction of sp³-hybridized carbons (Fsp3) is 0.326. The fourth-order valence-corrected chi connectivity index (χ4v) is 7.62. The molecule has 0 aliphatic carbocycles. The Morgan fingerprint density at radius 2 is 1.57 bits per heavy atom. The minimum absolute atomic E-state index is 0.139. The normalized spacial score (nSPS) is 18.1. The second kappa shape index (κ2) is 16.5. The van der Waals surface area contributed by atoms with E-state index in [1.165, 1.54) is 11.1 Å². The summed E-state index contributed by atoms with van der Waals surface area (Å²) in [6, 6.07) is 31.5. The van der Waals surface area contributed by atoms with Crippen molar-refractivity contribution in [2.45, 2.75) is 38.8 Å². The number of nitrogens with one attached hydrogen (secondary N) is 2. The van der Waals surface area contributed by atoms with Crippen LogP contribution in [0.5, 0.6) is 11.5 Å². The molecule has 0 saturated carbocycles. The number of anilines is 1. The number of phenolic OH excluding ortho intramolecular Hbond substituents is 1. The van der Waals surface area contributed by atoms with Gasteiger partial charge in [0.05, 0.1) is 0 Å². The van der Waals surface area contributed by atoms with Gasteiger partial charge in [-0.2, -0.15) is 0 Å². The number of carbonyl (C=O) groups excluding carboxylic acids is 3. The number of hydrogen-bond acceptors (Lipinski definition) is 8. The van der Waals surface area contributed by atoms with Gasteiger partial charge < -0.3 is 25.0 Å². The lowest BCUT2D eigenvalue weighted by atomic mass is 9.88. The number of piperazine rings is 1. The van der Waals surface area contributed by atoms with Crippen LogP contribution in [0.4, 0.5) is 5.69 Å². The van der Waals surface area contributed by atoms with E-state index in [1.54, 1.807) is 17.0 Å². The molecule has 3 aliphatic rings. The quantitative estimate of drug-likeness (QED) is 0.0971. The number of fused-ring (bicyclic) bond motifs is 1. The highest BCUT2D eigenvalue weighted by Gasteiger charge is 2.39. The molecule has 2 fully saturated rings. The molecular formula is C43H47N5O5. The first-order valence-electron chi connectivity index (χ1n) is 18.6. The Bertz CT molecular complexity index is 1950. The van der Waals surface area contributed by atoms with E-state index in [0.29, 0.717) is 25.1 Å². The highest BCUT2D eigenvalue weighted by atomic mass is 16.5. The number of carbonyl (C=O) groups is 3. The van der Waals surface area contributed by atoms with E-state index >= 15 is 0 Å². The van der Waals surface area contributed by atoms with E-state index in [9.17, 15) is 19.5 Å². The molecule has 4 aromatic rings. The van der Waals surface area contributed by atoms with Crippen molar-refractivity contribution < 1.29 is 24.2 Å². The van der Waals surface area contributed by atoms with Crippen LogP contribution in [0.25, 0.3) is 11.1 Å². The first-order chi connectivity index (χ1) is 25.9. The second-order valence-corrected chi connectivity index (χ2v) is 13.8. The number of aromatic hydroxyl groups is 1. The summed E-state index contributed by atoms with van der Waals surface area (Å²) in [6.07, 6.45) is 1.49. The first kappa shape index (κ1) is 35.9. The van der Waals surface area contributed by atoms with Crippen molar-refractivity contribution in [2.24, 2.45) is 0 Å². The molecule has 10 nitrogen and oxygen atoms in total. The Kier molecular flexibility index (Phi) is 11.2. The topological polar surface area (TPSA) is 114 Å². The lowest BCUT2D eigenvalue weighted by Crippen LogP contribution is -2.52. The number of allylic oxidation sites excluding steroid dienone is 1. The van der Waals surface area contributed by atoms with Gasteiger partial charge in [0, 0.05) is 70.0 Å². The van der Waals surface area contributed by atoms with Crippen LogP contribution in [-0.4, -0.2) is 91.1 Å². The maximum atomic E-state index is 13.1. The van der Waals surface area contributed by atoms with E-state index in [-0.39, 0.29) is 29.9 Å². The molecule has 53 heavy (non-hydrogen) atoms. The molecule has 7 rings (SSSR count). The van der Waals surface area contributed by atoms with Crippen molar-refractivity contribution in [2.75, 3.05) is 57.3 Å². The summed E-state index contributed by atoms with van der Waals surface area (Å²) >= 11 is 0. The molecule has 4 aromatic carbocycles. The van der Waals surface area contributed by atoms with Crippen LogP contribution in [0.15, 0.2) is 97.1 Å². The predicted octanol–water partition coefficient (Wildman–Crippen LogP) is 5.31. The number of nitrogens with zero attached hydrogens (tertiary/aromatic N) is 3. The molecule has 10 heteroatoms. The lowest BCUT2D eigenvalue weighted by molar-refractivity contribution is -0.136. The van der Waals surface area contributed by atoms with Crippen LogP contribution in [0, 0.1) is 0 Å². The molecule has 3 aliphatic heterocycles. The molecule has 2 saturated heterocycles. The summed E-state index contributed by atoms with van der Waals surface area (Å²) in [4.78, 5) is 43.5. The molecule has 0 aromatic heterocycles. The second-order valence-electron chi connectivity index (χ2n) is 13.8. The third-order valence-electron chi connectivity index (χ3n) is 10.5. The number of hydrogen-bond donors (Lipinski definition) is 3. The molecule has 3 N–H and O–H groups in total. The molecule has 0 bridgehead atoms. The summed E-state index contributed by atoms with van der Waals surface area (Å²) in [5.74, 6) is 0.279. The van der Waals surface area contributed by atoms with Crippen molar-refractivity contribution >= 4 is 34.6 Å². The maximum Gasteiger partial charge on any atom is 0.255 e. The Morgan fingerprint density at radius 1 is 0.849 bits per heavy atom. The minimum Gasteiger partial charge on any atom is -0.508 e. The summed E-state index contributed by atoms with van der Waals surface area (Å²) < 4.78 is 6.09. The summed E-state index contributed by atoms with van der Waals surface area (Å²) in [5.41, 5.74) is 8.42. The third kappa shape index (κ3) is 8.29. The van der Waals surface area contributed by atoms with Gasteiger partial charge in [0.2, 0.25) is 11.8 Å². The van der Waals surface area contributed by atoms with Crippen LogP contribution < -0.4 is 20.3 Å². The van der Waals surface area contributed by atoms with Crippen LogP contribution in [0.1, 0.15) is 58.8 Å². The third-order valence-corrected chi connectivity index (χ3v) is 10.5. The zero-order valence-electron chi connectivity index (χ0n) is 30.2. The molecule has 1 unspecified atom stereocenters. The SMILES string of the molecule is CCC(=C(c1ccc(O)cc1)c1ccc(OCCNCCN2CCN(c3ccc4c(c3)CN(C3CCC(=O)NC3=O)C4=O)CC2)cc1)c1ccccc1. The zero-order valence-corrected chi connectivity index (χ0v) is 30.2. The molecule has 3 heterocycles. The largest absolute Gasteiger partial charge is 0.508 e. The van der Waals surface area contributed by atoms with Gasteiger partial charge in [0.25, 0.3) is 5.91 Å². The smallest absolute Gasteiger partial charge is 0.255 e. The highest BCUT2D eigenvalue weighted by molar-refractivity contribution is 6.05. The fourth-order valence-electron chi connectivity index (χ4n) is 7.62. The molecule has 0 radical (unpaired) electrons. The Labute approximate surface area is 311 Å². The van der Waals surface area contributed by atoms with Gasteiger partial charge in [-0.05, 0) is 88.7 Å². The van der Waals surface area contributed by atoms with Crippen molar-refractivity contribution in [3.05, 3.63) is 125 Å². The van der Waals surface area contributed by atoms with Crippen LogP contribution in [-0.2, 0) is 16.1 Å². The zero-order chi connectivity index (χ0) is 36.7. The standard InChI is InChI=1S/C43H47N5O5/c1-2-37(30-6-4-3-5-7-30)41(31-8-13-35(49)14-9-31)32-10-15-36(16-11-32)53-27-21-44-20-22-46-23-25-47(26-24-46)34-12-17-38-33(28-34)29-48(43(38)52)39-18-19-40(50)45-42(39)51/h3-17,28,39,44,49H,2,18-27,29H2,1H3,(H,45,50,51). The number of piperidine rings is 1. The summed E-state index contributed by atoms with van der Waals surface area (Å²) in [6.45, 7) is 9.42. The maximum absolute atomic E-state index is 13.1. The van der Waals surface area contributed by atoms with Crippen LogP contribution in [0.3, 0.4) is 0 Å². The van der Waals surface area contributed by atoms with Gasteiger partial charge in [0.15, 0.2) is 0 Å². The molecule has 1 atom stereocenters. The van der Waals surface area contributed by atoms with E-state index < -0.39 is 6.04 Å². The Hall–Kier alpha value is -5.45. The average molecular weight is 714 g/mol. The van der Waals surface area contributed by atoms with Crippen LogP contribution in [0.2, 0.25) is 0 Å². The lowest BCUT2D eigenvalue weighted by Gasteiger charge is -2.36. The highest BCUT2D eigenvalue weighted by Crippen LogP contribution is 2.36. The summed E-state index contributed by atoms with van der Waals surface area (Å²) in [5, 5.41) is 15.8. The van der Waals surface area contributed by atoms with Gasteiger partial charge in [-0.25, -0.2) is 0 Å². The Balaban J connectivity index is 0.852. The number of ether oxygens (including phenoxy) is 1. The number of amides is 3. The first-order valence-corrected chi connectivity index (χ1v) is 18.6. The minimum atomic E-state index is -0.597. The van der Waals surface area contributed by atoms with Gasteiger partial charge >= 0.3 is 0 Å². The number of benzene rings is 4. The monoisotopic (exact) mass is 713 g/mol. The van der Waals surface area contributed by atoms with Gasteiger partial charge in [-0.3, -0.25) is 24.6 Å². The van der Waals surface area contributed by atoms with Gasteiger partial charge in [0.1, 0.15) is 24.1 Å². The van der Waals surface area contributed by atoms with Crippen LogP contribution >= 0.6 is 0 Å². The van der Waals surface area contributed by atoms with Crippen molar-refractivity contribution in [1.82, 2.24) is 20.4 Å². The van der Waals surface area contributed by atoms with Crippen molar-refractivity contribution in [3.63, 3.8) is 0 Å². The predicted molar refractivity (Wildman–Crippen MR) is 207 cm³/mol. The molecule has 3 amide bonds.